The van der Waals surface area contributed by atoms with Gasteiger partial charge in [-0.2, -0.15) is 0 Å². The predicted molar refractivity (Wildman–Crippen MR) is 74.7 cm³/mol. The summed E-state index contributed by atoms with van der Waals surface area (Å²) in [6, 6.07) is 3.53. The molecule has 0 radical (unpaired) electrons. The Bertz CT molecular complexity index is 546. The second kappa shape index (κ2) is 7.80. The number of ether oxygens (including phenoxy) is 1. The lowest BCUT2D eigenvalue weighted by molar-refractivity contribution is -0.384. The van der Waals surface area contributed by atoms with Crippen molar-refractivity contribution in [1.82, 2.24) is 10.6 Å². The standard InChI is InChI=1S/C12H16N4O5/c1-21-5-4-14-11(17)7-15-12(18)9-6-8(16(19)20)2-3-10(9)13/h2-3,6H,4-5,7,13H2,1H3,(H,14,17)(H,15,18). The van der Waals surface area contributed by atoms with Crippen molar-refractivity contribution in [3.63, 3.8) is 0 Å². The minimum Gasteiger partial charge on any atom is -0.398 e. The zero-order valence-corrected chi connectivity index (χ0v) is 11.4. The van der Waals surface area contributed by atoms with Crippen LogP contribution in [0.3, 0.4) is 0 Å². The molecule has 9 heteroatoms. The number of methoxy groups -OCH3 is 1. The van der Waals surface area contributed by atoms with Gasteiger partial charge in [0.05, 0.1) is 23.6 Å². The van der Waals surface area contributed by atoms with Crippen molar-refractivity contribution in [1.29, 1.82) is 0 Å². The highest BCUT2D eigenvalue weighted by atomic mass is 16.6. The van der Waals surface area contributed by atoms with Crippen LogP contribution in [0.4, 0.5) is 11.4 Å². The molecular formula is C12H16N4O5. The molecule has 0 bridgehead atoms. The lowest BCUT2D eigenvalue weighted by atomic mass is 10.1. The van der Waals surface area contributed by atoms with Gasteiger partial charge in [-0.05, 0) is 6.07 Å². The number of non-ortho nitro benzene ring substituents is 1. The number of nitrogen functional groups attached to an aromatic ring is 1. The van der Waals surface area contributed by atoms with Crippen molar-refractivity contribution in [3.8, 4) is 0 Å². The summed E-state index contributed by atoms with van der Waals surface area (Å²) in [6.45, 7) is 0.423. The number of nitrogens with one attached hydrogen (secondary N) is 2. The average Bonchev–Trinajstić information content (AvgIpc) is 2.45. The summed E-state index contributed by atoms with van der Waals surface area (Å²) in [6.07, 6.45) is 0. The number of carbonyl (C=O) groups is 2. The molecule has 0 saturated heterocycles. The summed E-state index contributed by atoms with van der Waals surface area (Å²) >= 11 is 0. The molecule has 0 heterocycles. The van der Waals surface area contributed by atoms with Crippen molar-refractivity contribution in [3.05, 3.63) is 33.9 Å². The fraction of sp³-hybridized carbons (Fsp3) is 0.333. The number of nitrogens with zero attached hydrogens (tertiary/aromatic N) is 1. The van der Waals surface area contributed by atoms with Gasteiger partial charge < -0.3 is 21.1 Å². The van der Waals surface area contributed by atoms with Crippen LogP contribution >= 0.6 is 0 Å². The quantitative estimate of drug-likeness (QED) is 0.273. The highest BCUT2D eigenvalue weighted by Gasteiger charge is 2.15. The zero-order valence-electron chi connectivity index (χ0n) is 11.4. The molecular weight excluding hydrogens is 280 g/mol. The Labute approximate surface area is 120 Å². The zero-order chi connectivity index (χ0) is 15.8. The van der Waals surface area contributed by atoms with Crippen molar-refractivity contribution in [2.75, 3.05) is 32.5 Å². The molecule has 1 aromatic carbocycles. The predicted octanol–water partition coefficient (Wildman–Crippen LogP) is -0.331. The van der Waals surface area contributed by atoms with E-state index in [1.165, 1.54) is 19.2 Å². The van der Waals surface area contributed by atoms with Crippen LogP contribution in [0.2, 0.25) is 0 Å². The minimum absolute atomic E-state index is 0.0473. The van der Waals surface area contributed by atoms with E-state index in [0.717, 1.165) is 6.07 Å². The van der Waals surface area contributed by atoms with Crippen LogP contribution in [0.1, 0.15) is 10.4 Å². The number of benzene rings is 1. The first-order valence-corrected chi connectivity index (χ1v) is 6.03. The lowest BCUT2D eigenvalue weighted by Gasteiger charge is -2.08. The molecule has 0 saturated carbocycles. The van der Waals surface area contributed by atoms with Gasteiger partial charge >= 0.3 is 0 Å². The first-order valence-electron chi connectivity index (χ1n) is 6.03. The molecule has 0 fully saturated rings. The largest absolute Gasteiger partial charge is 0.398 e. The summed E-state index contributed by atoms with van der Waals surface area (Å²) in [7, 11) is 1.50. The number of rotatable bonds is 7. The van der Waals surface area contributed by atoms with Crippen molar-refractivity contribution in [2.24, 2.45) is 0 Å². The highest BCUT2D eigenvalue weighted by Crippen LogP contribution is 2.19. The molecule has 0 unspecified atom stereocenters. The fourth-order valence-corrected chi connectivity index (χ4v) is 1.47. The number of nitro groups is 1. The summed E-state index contributed by atoms with van der Waals surface area (Å²) in [5.41, 5.74) is 5.39. The molecule has 1 aromatic rings. The van der Waals surface area contributed by atoms with Gasteiger partial charge in [0, 0.05) is 31.5 Å². The number of nitro benzene ring substituents is 1. The van der Waals surface area contributed by atoms with Crippen LogP contribution in [0.15, 0.2) is 18.2 Å². The highest BCUT2D eigenvalue weighted by molar-refractivity contribution is 6.01. The van der Waals surface area contributed by atoms with Crippen LogP contribution in [-0.2, 0) is 9.53 Å². The molecule has 4 N–H and O–H groups in total. The van der Waals surface area contributed by atoms with Crippen LogP contribution in [0, 0.1) is 10.1 Å². The van der Waals surface area contributed by atoms with E-state index in [-0.39, 0.29) is 23.5 Å². The second-order valence-electron chi connectivity index (χ2n) is 4.05. The SMILES string of the molecule is COCCNC(=O)CNC(=O)c1cc([N+](=O)[O-])ccc1N. The van der Waals surface area contributed by atoms with Gasteiger partial charge in [-0.25, -0.2) is 0 Å². The average molecular weight is 296 g/mol. The molecule has 21 heavy (non-hydrogen) atoms. The maximum Gasteiger partial charge on any atom is 0.270 e. The van der Waals surface area contributed by atoms with E-state index >= 15 is 0 Å². The number of nitrogens with two attached hydrogens (primary N) is 1. The Morgan fingerprint density at radius 1 is 1.38 bits per heavy atom. The molecule has 2 amide bonds. The number of carbonyl (C=O) groups excluding carboxylic acids is 2. The summed E-state index contributed by atoms with van der Waals surface area (Å²) in [4.78, 5) is 33.3. The molecule has 0 atom stereocenters. The number of anilines is 1. The summed E-state index contributed by atoms with van der Waals surface area (Å²) in [5.74, 6) is -1.05. The van der Waals surface area contributed by atoms with E-state index in [1.54, 1.807) is 0 Å². The molecule has 9 nitrogen and oxygen atoms in total. The van der Waals surface area contributed by atoms with Crippen LogP contribution < -0.4 is 16.4 Å². The smallest absolute Gasteiger partial charge is 0.270 e. The topological polar surface area (TPSA) is 137 Å². The van der Waals surface area contributed by atoms with E-state index in [4.69, 9.17) is 10.5 Å². The van der Waals surface area contributed by atoms with Gasteiger partial charge in [0.15, 0.2) is 0 Å². The van der Waals surface area contributed by atoms with Crippen LogP contribution in [0.5, 0.6) is 0 Å². The third-order valence-electron chi connectivity index (χ3n) is 2.53. The van der Waals surface area contributed by atoms with Gasteiger partial charge in [0.1, 0.15) is 0 Å². The normalized spacial score (nSPS) is 9.95. The van der Waals surface area contributed by atoms with Gasteiger partial charge in [0.2, 0.25) is 5.91 Å². The fourth-order valence-electron chi connectivity index (χ4n) is 1.47. The molecule has 0 aromatic heterocycles. The Morgan fingerprint density at radius 3 is 2.71 bits per heavy atom. The molecule has 114 valence electrons. The van der Waals surface area contributed by atoms with Crippen LogP contribution in [0.25, 0.3) is 0 Å². The Kier molecular flexibility index (Phi) is 6.08. The molecule has 1 rings (SSSR count). The van der Waals surface area contributed by atoms with Gasteiger partial charge in [-0.3, -0.25) is 19.7 Å². The van der Waals surface area contributed by atoms with Crippen molar-refractivity contribution < 1.29 is 19.2 Å². The Morgan fingerprint density at radius 2 is 2.10 bits per heavy atom. The first-order chi connectivity index (χ1) is 9.95. The summed E-state index contributed by atoms with van der Waals surface area (Å²) < 4.78 is 4.76. The summed E-state index contributed by atoms with van der Waals surface area (Å²) in [5, 5.41) is 15.5. The van der Waals surface area contributed by atoms with Crippen molar-refractivity contribution >= 4 is 23.2 Å². The number of hydrogen-bond acceptors (Lipinski definition) is 6. The molecule has 0 aliphatic carbocycles. The van der Waals surface area contributed by atoms with Gasteiger partial charge in [-0.1, -0.05) is 0 Å². The minimum atomic E-state index is -0.655. The molecule has 0 aliphatic heterocycles. The van der Waals surface area contributed by atoms with E-state index in [2.05, 4.69) is 10.6 Å². The maximum absolute atomic E-state index is 11.9. The lowest BCUT2D eigenvalue weighted by Crippen LogP contribution is -2.38. The third kappa shape index (κ3) is 5.07. The monoisotopic (exact) mass is 296 g/mol. The third-order valence-corrected chi connectivity index (χ3v) is 2.53. The Balaban J connectivity index is 2.61. The van der Waals surface area contributed by atoms with Gasteiger partial charge in [0.25, 0.3) is 11.6 Å². The number of hydrogen-bond donors (Lipinski definition) is 3. The second-order valence-corrected chi connectivity index (χ2v) is 4.05. The number of amides is 2. The Hall–Kier alpha value is -2.68. The van der Waals surface area contributed by atoms with E-state index in [9.17, 15) is 19.7 Å². The van der Waals surface area contributed by atoms with E-state index in [1.807, 2.05) is 0 Å². The first kappa shape index (κ1) is 16.4. The van der Waals surface area contributed by atoms with Crippen LogP contribution in [-0.4, -0.2) is 43.5 Å². The van der Waals surface area contributed by atoms with E-state index < -0.39 is 16.7 Å². The maximum atomic E-state index is 11.9. The van der Waals surface area contributed by atoms with E-state index in [0.29, 0.717) is 13.2 Å². The van der Waals surface area contributed by atoms with Gasteiger partial charge in [-0.15, -0.1) is 0 Å². The molecule has 0 spiro atoms. The van der Waals surface area contributed by atoms with Crippen molar-refractivity contribution in [2.45, 2.75) is 0 Å². The molecule has 0 aliphatic rings.